The van der Waals surface area contributed by atoms with E-state index in [4.69, 9.17) is 4.74 Å². The molecular weight excluding hydrogens is 186 g/mol. The van der Waals surface area contributed by atoms with Crippen LogP contribution in [-0.4, -0.2) is 18.2 Å². The highest BCUT2D eigenvalue weighted by atomic mass is 16.5. The van der Waals surface area contributed by atoms with Gasteiger partial charge in [0, 0.05) is 25.1 Å². The highest BCUT2D eigenvalue weighted by molar-refractivity contribution is 5.12. The zero-order chi connectivity index (χ0) is 10.5. The topological polar surface area (TPSA) is 22.1 Å². The lowest BCUT2D eigenvalue weighted by Gasteiger charge is -2.21. The number of rotatable bonds is 3. The van der Waals surface area contributed by atoms with Gasteiger partial charge in [0.2, 0.25) is 0 Å². The summed E-state index contributed by atoms with van der Waals surface area (Å²) < 4.78 is 5.35. The Morgan fingerprint density at radius 2 is 2.13 bits per heavy atom. The predicted octanol–water partition coefficient (Wildman–Crippen LogP) is 2.75. The third-order valence-corrected chi connectivity index (χ3v) is 3.12. The van der Waals surface area contributed by atoms with E-state index in [-0.39, 0.29) is 0 Å². The number of hydrogen-bond acceptors (Lipinski definition) is 2. The van der Waals surface area contributed by atoms with Gasteiger partial charge in [0.25, 0.3) is 0 Å². The molecule has 0 aliphatic carbocycles. The van der Waals surface area contributed by atoms with Gasteiger partial charge in [-0.15, -0.1) is 0 Å². The maximum absolute atomic E-state index is 5.35. The number of ether oxygens (including phenoxy) is 1. The second kappa shape index (κ2) is 5.26. The monoisotopic (exact) mass is 205 g/mol. The minimum Gasteiger partial charge on any atom is -0.381 e. The second-order valence-corrected chi connectivity index (χ2v) is 4.42. The van der Waals surface area contributed by atoms with Crippen LogP contribution in [0.4, 0.5) is 0 Å². The van der Waals surface area contributed by atoms with Crippen molar-refractivity contribution >= 4 is 0 Å². The molecule has 82 valence electrons. The van der Waals surface area contributed by atoms with Gasteiger partial charge in [0.1, 0.15) is 0 Å². The van der Waals surface area contributed by atoms with Crippen LogP contribution in [0, 0.1) is 12.8 Å². The van der Waals surface area contributed by atoms with E-state index in [1.165, 1.54) is 30.5 Å². The van der Waals surface area contributed by atoms with Crippen molar-refractivity contribution < 1.29 is 4.74 Å². The van der Waals surface area contributed by atoms with Crippen LogP contribution in [0.2, 0.25) is 0 Å². The van der Waals surface area contributed by atoms with Gasteiger partial charge in [0.15, 0.2) is 0 Å². The molecule has 0 saturated carbocycles. The second-order valence-electron chi connectivity index (χ2n) is 4.42. The van der Waals surface area contributed by atoms with Gasteiger partial charge in [-0.3, -0.25) is 4.98 Å². The van der Waals surface area contributed by atoms with E-state index >= 15 is 0 Å². The first-order chi connectivity index (χ1) is 7.34. The van der Waals surface area contributed by atoms with Crippen molar-refractivity contribution in [3.8, 4) is 0 Å². The lowest BCUT2D eigenvalue weighted by molar-refractivity contribution is 0.0639. The Morgan fingerprint density at radius 3 is 2.80 bits per heavy atom. The van der Waals surface area contributed by atoms with Crippen LogP contribution in [0.1, 0.15) is 30.5 Å². The summed E-state index contributed by atoms with van der Waals surface area (Å²) in [5.74, 6) is 0.849. The molecule has 2 rings (SSSR count). The minimum atomic E-state index is 0.849. The summed E-state index contributed by atoms with van der Waals surface area (Å²) in [6, 6.07) is 4.29. The third-order valence-electron chi connectivity index (χ3n) is 3.12. The summed E-state index contributed by atoms with van der Waals surface area (Å²) in [4.78, 5) is 4.43. The van der Waals surface area contributed by atoms with Crippen LogP contribution in [0.5, 0.6) is 0 Å². The normalized spacial score (nSPS) is 17.9. The smallest absolute Gasteiger partial charge is 0.0468 e. The summed E-state index contributed by atoms with van der Waals surface area (Å²) >= 11 is 0. The van der Waals surface area contributed by atoms with Crippen molar-refractivity contribution in [1.29, 1.82) is 0 Å². The molecule has 0 spiro atoms. The maximum Gasteiger partial charge on any atom is 0.0468 e. The standard InChI is InChI=1S/C13H19NO/c1-11-2-4-13(14-10-11)5-3-12-6-8-15-9-7-12/h2,4,10,12H,3,5-9H2,1H3. The summed E-state index contributed by atoms with van der Waals surface area (Å²) in [6.07, 6.45) is 6.79. The molecule has 15 heavy (non-hydrogen) atoms. The van der Waals surface area contributed by atoms with E-state index in [0.717, 1.165) is 25.6 Å². The van der Waals surface area contributed by atoms with Crippen molar-refractivity contribution in [2.45, 2.75) is 32.6 Å². The molecule has 1 saturated heterocycles. The molecule has 0 amide bonds. The fraction of sp³-hybridized carbons (Fsp3) is 0.615. The number of aryl methyl sites for hydroxylation is 2. The Morgan fingerprint density at radius 1 is 1.33 bits per heavy atom. The summed E-state index contributed by atoms with van der Waals surface area (Å²) in [5, 5.41) is 0. The number of hydrogen-bond donors (Lipinski definition) is 0. The minimum absolute atomic E-state index is 0.849. The fourth-order valence-electron chi connectivity index (χ4n) is 2.03. The van der Waals surface area contributed by atoms with Crippen LogP contribution < -0.4 is 0 Å². The third kappa shape index (κ3) is 3.31. The molecule has 1 aromatic heterocycles. The first-order valence-electron chi connectivity index (χ1n) is 5.84. The van der Waals surface area contributed by atoms with Crippen LogP contribution >= 0.6 is 0 Å². The molecule has 0 bridgehead atoms. The van der Waals surface area contributed by atoms with Gasteiger partial charge in [-0.1, -0.05) is 6.07 Å². The SMILES string of the molecule is Cc1ccc(CCC2CCOCC2)nc1. The van der Waals surface area contributed by atoms with Crippen LogP contribution in [0.25, 0.3) is 0 Å². The molecule has 2 heterocycles. The first kappa shape index (κ1) is 10.6. The van der Waals surface area contributed by atoms with E-state index in [0.29, 0.717) is 0 Å². The van der Waals surface area contributed by atoms with Crippen molar-refractivity contribution in [2.24, 2.45) is 5.92 Å². The molecule has 0 N–H and O–H groups in total. The maximum atomic E-state index is 5.35. The fourth-order valence-corrected chi connectivity index (χ4v) is 2.03. The van der Waals surface area contributed by atoms with Crippen LogP contribution in [0.3, 0.4) is 0 Å². The molecule has 2 nitrogen and oxygen atoms in total. The quantitative estimate of drug-likeness (QED) is 0.757. The molecule has 2 heteroatoms. The number of nitrogens with zero attached hydrogens (tertiary/aromatic N) is 1. The molecule has 0 aromatic carbocycles. The molecule has 1 aromatic rings. The first-order valence-corrected chi connectivity index (χ1v) is 5.84. The van der Waals surface area contributed by atoms with Crippen LogP contribution in [0.15, 0.2) is 18.3 Å². The zero-order valence-electron chi connectivity index (χ0n) is 9.41. The van der Waals surface area contributed by atoms with Crippen molar-refractivity contribution in [2.75, 3.05) is 13.2 Å². The zero-order valence-corrected chi connectivity index (χ0v) is 9.41. The molecule has 1 aliphatic rings. The molecule has 0 unspecified atom stereocenters. The molecule has 0 atom stereocenters. The molecular formula is C13H19NO. The lowest BCUT2D eigenvalue weighted by atomic mass is 9.94. The lowest BCUT2D eigenvalue weighted by Crippen LogP contribution is -2.16. The van der Waals surface area contributed by atoms with E-state index in [2.05, 4.69) is 24.0 Å². The van der Waals surface area contributed by atoms with Crippen molar-refractivity contribution in [3.05, 3.63) is 29.6 Å². The highest BCUT2D eigenvalue weighted by Crippen LogP contribution is 2.20. The Kier molecular flexibility index (Phi) is 3.73. The Balaban J connectivity index is 1.79. The predicted molar refractivity (Wildman–Crippen MR) is 60.8 cm³/mol. The highest BCUT2D eigenvalue weighted by Gasteiger charge is 2.13. The van der Waals surface area contributed by atoms with Gasteiger partial charge in [-0.2, -0.15) is 0 Å². The summed E-state index contributed by atoms with van der Waals surface area (Å²) in [6.45, 7) is 3.98. The largest absolute Gasteiger partial charge is 0.381 e. The van der Waals surface area contributed by atoms with Crippen LogP contribution in [-0.2, 0) is 11.2 Å². The van der Waals surface area contributed by atoms with Crippen molar-refractivity contribution in [3.63, 3.8) is 0 Å². The van der Waals surface area contributed by atoms with E-state index in [1.54, 1.807) is 0 Å². The molecule has 1 fully saturated rings. The number of aromatic nitrogens is 1. The molecule has 0 radical (unpaired) electrons. The average Bonchev–Trinajstić information content (AvgIpc) is 2.30. The van der Waals surface area contributed by atoms with E-state index in [9.17, 15) is 0 Å². The summed E-state index contributed by atoms with van der Waals surface area (Å²) in [7, 11) is 0. The Labute approximate surface area is 91.7 Å². The Bertz CT molecular complexity index is 288. The summed E-state index contributed by atoms with van der Waals surface area (Å²) in [5.41, 5.74) is 2.47. The van der Waals surface area contributed by atoms with Gasteiger partial charge < -0.3 is 4.74 Å². The Hall–Kier alpha value is -0.890. The molecule has 1 aliphatic heterocycles. The van der Waals surface area contributed by atoms with E-state index < -0.39 is 0 Å². The number of pyridine rings is 1. The van der Waals surface area contributed by atoms with Gasteiger partial charge >= 0.3 is 0 Å². The van der Waals surface area contributed by atoms with E-state index in [1.807, 2.05) is 6.20 Å². The van der Waals surface area contributed by atoms with Gasteiger partial charge in [0.05, 0.1) is 0 Å². The van der Waals surface area contributed by atoms with Gasteiger partial charge in [-0.05, 0) is 50.2 Å². The van der Waals surface area contributed by atoms with Crippen molar-refractivity contribution in [1.82, 2.24) is 4.98 Å². The van der Waals surface area contributed by atoms with Gasteiger partial charge in [-0.25, -0.2) is 0 Å². The average molecular weight is 205 g/mol.